The third kappa shape index (κ3) is 3.67. The van der Waals surface area contributed by atoms with E-state index < -0.39 is 28.6 Å². The summed E-state index contributed by atoms with van der Waals surface area (Å²) in [6.45, 7) is 1.07. The molecule has 0 unspecified atom stereocenters. The number of carbonyl (C=O) groups is 2. The van der Waals surface area contributed by atoms with Crippen LogP contribution in [0, 0.1) is 0 Å². The van der Waals surface area contributed by atoms with Crippen molar-refractivity contribution >= 4 is 27.7 Å². The maximum atomic E-state index is 11.9. The molecule has 124 valence electrons. The zero-order valence-electron chi connectivity index (χ0n) is 12.9. The highest BCUT2D eigenvalue weighted by Crippen LogP contribution is 2.22. The van der Waals surface area contributed by atoms with Crippen LogP contribution in [0.2, 0.25) is 0 Å². The molecule has 2 rings (SSSR count). The second kappa shape index (κ2) is 6.37. The normalized spacial score (nSPS) is 18.0. The van der Waals surface area contributed by atoms with Crippen molar-refractivity contribution in [1.82, 2.24) is 9.62 Å². The van der Waals surface area contributed by atoms with E-state index in [4.69, 9.17) is 4.74 Å². The number of amides is 1. The van der Waals surface area contributed by atoms with Crippen molar-refractivity contribution in [3.63, 3.8) is 0 Å². The summed E-state index contributed by atoms with van der Waals surface area (Å²) in [4.78, 5) is 28.7. The number of carbonyl (C=O) groups excluding carboxylic acids is 2. The summed E-state index contributed by atoms with van der Waals surface area (Å²) in [5, 5.41) is 0. The number of nitrogens with zero attached hydrogens (tertiary/aromatic N) is 2. The van der Waals surface area contributed by atoms with E-state index in [0.29, 0.717) is 5.56 Å². The van der Waals surface area contributed by atoms with Gasteiger partial charge in [0.1, 0.15) is 12.4 Å². The predicted octanol–water partition coefficient (Wildman–Crippen LogP) is -0.255. The van der Waals surface area contributed by atoms with Gasteiger partial charge in [0.25, 0.3) is 15.9 Å². The van der Waals surface area contributed by atoms with Crippen molar-refractivity contribution < 1.29 is 22.7 Å². The number of likely N-dealkylation sites (N-methyl/N-ethyl adjacent to an activating group) is 1. The van der Waals surface area contributed by atoms with Gasteiger partial charge in [-0.2, -0.15) is 0 Å². The Morgan fingerprint density at radius 3 is 2.61 bits per heavy atom. The molecule has 1 aliphatic rings. The predicted molar refractivity (Wildman–Crippen MR) is 82.4 cm³/mol. The van der Waals surface area contributed by atoms with Crippen molar-refractivity contribution in [3.05, 3.63) is 29.8 Å². The van der Waals surface area contributed by atoms with Crippen LogP contribution in [0.5, 0.6) is 0 Å². The highest BCUT2D eigenvalue weighted by Gasteiger charge is 2.30. The minimum atomic E-state index is -3.64. The van der Waals surface area contributed by atoms with Crippen molar-refractivity contribution in [2.45, 2.75) is 17.9 Å². The number of esters is 1. The van der Waals surface area contributed by atoms with Crippen LogP contribution in [0.15, 0.2) is 34.2 Å². The van der Waals surface area contributed by atoms with Gasteiger partial charge in [0.15, 0.2) is 6.10 Å². The van der Waals surface area contributed by atoms with Crippen molar-refractivity contribution in [2.24, 2.45) is 4.99 Å². The number of rotatable bonds is 4. The standard InChI is InChI=1S/C14H17N3O5S/c1-9(14(19)17(2)3)22-12(18)8-15-13-10-6-4-5-7-11(10)23(20,21)16-13/h4-7,9H,8H2,1-3H3,(H,15,16)/t9-/m0/s1. The number of benzene rings is 1. The summed E-state index contributed by atoms with van der Waals surface area (Å²) < 4.78 is 31.0. The molecular formula is C14H17N3O5S. The van der Waals surface area contributed by atoms with Crippen LogP contribution in [0.1, 0.15) is 12.5 Å². The number of hydrogen-bond acceptors (Lipinski definition) is 6. The van der Waals surface area contributed by atoms with Crippen LogP contribution in [-0.2, 0) is 24.3 Å². The van der Waals surface area contributed by atoms with Gasteiger partial charge in [0.2, 0.25) is 0 Å². The van der Waals surface area contributed by atoms with Crippen LogP contribution in [0.4, 0.5) is 0 Å². The molecule has 0 aromatic heterocycles. The van der Waals surface area contributed by atoms with Gasteiger partial charge in [-0.3, -0.25) is 19.3 Å². The summed E-state index contributed by atoms with van der Waals surface area (Å²) in [6, 6.07) is 6.32. The summed E-state index contributed by atoms with van der Waals surface area (Å²) in [5.41, 5.74) is 0.401. The number of sulfonamides is 1. The Bertz CT molecular complexity index is 770. The summed E-state index contributed by atoms with van der Waals surface area (Å²) in [6.07, 6.45) is -0.926. The Morgan fingerprint density at radius 2 is 1.96 bits per heavy atom. The van der Waals surface area contributed by atoms with E-state index in [-0.39, 0.29) is 16.6 Å². The Balaban J connectivity index is 2.07. The molecule has 1 atom stereocenters. The van der Waals surface area contributed by atoms with Gasteiger partial charge in [-0.05, 0) is 19.1 Å². The molecule has 0 bridgehead atoms. The SMILES string of the molecule is C[C@H](OC(=O)CN=C1NS(=O)(=O)c2ccccc21)C(=O)N(C)C. The maximum Gasteiger partial charge on any atom is 0.328 e. The minimum absolute atomic E-state index is 0.0872. The quantitative estimate of drug-likeness (QED) is 0.761. The topological polar surface area (TPSA) is 105 Å². The molecule has 1 aromatic rings. The summed E-state index contributed by atoms with van der Waals surface area (Å²) in [5.74, 6) is -0.981. The minimum Gasteiger partial charge on any atom is -0.451 e. The first-order chi connectivity index (χ1) is 10.7. The van der Waals surface area contributed by atoms with Gasteiger partial charge < -0.3 is 9.64 Å². The van der Waals surface area contributed by atoms with Crippen LogP contribution in [0.25, 0.3) is 0 Å². The van der Waals surface area contributed by atoms with Crippen molar-refractivity contribution in [2.75, 3.05) is 20.6 Å². The first kappa shape index (κ1) is 16.9. The second-order valence-electron chi connectivity index (χ2n) is 5.13. The Morgan fingerprint density at radius 1 is 1.30 bits per heavy atom. The number of fused-ring (bicyclic) bond motifs is 1. The molecule has 0 radical (unpaired) electrons. The molecule has 1 amide bonds. The van der Waals surface area contributed by atoms with E-state index in [2.05, 4.69) is 9.71 Å². The molecule has 1 heterocycles. The van der Waals surface area contributed by atoms with E-state index >= 15 is 0 Å². The lowest BCUT2D eigenvalue weighted by Crippen LogP contribution is -2.35. The average molecular weight is 339 g/mol. The van der Waals surface area contributed by atoms with Gasteiger partial charge in [-0.25, -0.2) is 8.42 Å². The first-order valence-electron chi connectivity index (χ1n) is 6.79. The lowest BCUT2D eigenvalue weighted by Gasteiger charge is -2.16. The molecule has 0 aliphatic carbocycles. The fraction of sp³-hybridized carbons (Fsp3) is 0.357. The van der Waals surface area contributed by atoms with Crippen molar-refractivity contribution in [3.8, 4) is 0 Å². The maximum absolute atomic E-state index is 11.9. The summed E-state index contributed by atoms with van der Waals surface area (Å²) >= 11 is 0. The van der Waals surface area contributed by atoms with Crippen LogP contribution in [-0.4, -0.2) is 57.8 Å². The largest absolute Gasteiger partial charge is 0.451 e. The van der Waals surface area contributed by atoms with E-state index in [1.165, 1.54) is 17.9 Å². The van der Waals surface area contributed by atoms with Crippen LogP contribution in [0.3, 0.4) is 0 Å². The molecule has 23 heavy (non-hydrogen) atoms. The third-order valence-corrected chi connectivity index (χ3v) is 4.52. The Hall–Kier alpha value is -2.42. The molecule has 0 fully saturated rings. The van der Waals surface area contributed by atoms with Gasteiger partial charge in [0, 0.05) is 19.7 Å². The molecular weight excluding hydrogens is 322 g/mol. The molecule has 1 N–H and O–H groups in total. The van der Waals surface area contributed by atoms with E-state index in [1.54, 1.807) is 32.3 Å². The lowest BCUT2D eigenvalue weighted by atomic mass is 10.2. The first-order valence-corrected chi connectivity index (χ1v) is 8.28. The van der Waals surface area contributed by atoms with Gasteiger partial charge in [0.05, 0.1) is 4.90 Å². The summed E-state index contributed by atoms with van der Waals surface area (Å²) in [7, 11) is -0.539. The fourth-order valence-corrected chi connectivity index (χ4v) is 3.29. The Kier molecular flexibility index (Phi) is 4.69. The van der Waals surface area contributed by atoms with Gasteiger partial charge in [-0.1, -0.05) is 12.1 Å². The van der Waals surface area contributed by atoms with Crippen LogP contribution < -0.4 is 4.72 Å². The molecule has 9 heteroatoms. The fourth-order valence-electron chi connectivity index (χ4n) is 2.04. The number of nitrogens with one attached hydrogen (secondary N) is 1. The Labute approximate surface area is 134 Å². The van der Waals surface area contributed by atoms with E-state index in [0.717, 1.165) is 0 Å². The highest BCUT2D eigenvalue weighted by atomic mass is 32.2. The highest BCUT2D eigenvalue weighted by molar-refractivity contribution is 7.90. The smallest absolute Gasteiger partial charge is 0.328 e. The number of aliphatic imine (C=N–C) groups is 1. The molecule has 0 saturated carbocycles. The van der Waals surface area contributed by atoms with Gasteiger partial charge in [-0.15, -0.1) is 0 Å². The zero-order chi connectivity index (χ0) is 17.2. The van der Waals surface area contributed by atoms with E-state index in [1.807, 2.05) is 0 Å². The number of amidine groups is 1. The van der Waals surface area contributed by atoms with Gasteiger partial charge >= 0.3 is 5.97 Å². The average Bonchev–Trinajstić information content (AvgIpc) is 2.76. The van der Waals surface area contributed by atoms with Crippen molar-refractivity contribution in [1.29, 1.82) is 0 Å². The van der Waals surface area contributed by atoms with E-state index in [9.17, 15) is 18.0 Å². The second-order valence-corrected chi connectivity index (χ2v) is 6.78. The number of ether oxygens (including phenoxy) is 1. The molecule has 1 aliphatic heterocycles. The molecule has 8 nitrogen and oxygen atoms in total. The molecule has 0 spiro atoms. The van der Waals surface area contributed by atoms with Crippen LogP contribution >= 0.6 is 0 Å². The lowest BCUT2D eigenvalue weighted by molar-refractivity contribution is -0.156. The molecule has 1 aromatic carbocycles. The monoisotopic (exact) mass is 339 g/mol. The zero-order valence-corrected chi connectivity index (χ0v) is 13.8. The third-order valence-electron chi connectivity index (χ3n) is 3.13. The number of hydrogen-bond donors (Lipinski definition) is 1. The molecule has 0 saturated heterocycles.